The number of esters is 1. The average molecular weight is 432 g/mol. The lowest BCUT2D eigenvalue weighted by atomic mass is 9.90. The zero-order chi connectivity index (χ0) is 22.1. The second-order valence-corrected chi connectivity index (χ2v) is 7.10. The van der Waals surface area contributed by atoms with Gasteiger partial charge in [-0.1, -0.05) is 18.2 Å². The Morgan fingerprint density at radius 1 is 1.00 bits per heavy atom. The second-order valence-electron chi connectivity index (χ2n) is 7.10. The van der Waals surface area contributed by atoms with Crippen molar-refractivity contribution in [3.8, 4) is 0 Å². The van der Waals surface area contributed by atoms with E-state index in [0.717, 1.165) is 24.1 Å². The van der Waals surface area contributed by atoms with Gasteiger partial charge in [0.2, 0.25) is 0 Å². The lowest BCUT2D eigenvalue weighted by Crippen LogP contribution is -2.24. The summed E-state index contributed by atoms with van der Waals surface area (Å²) in [7, 11) is 0. The number of anilines is 1. The summed E-state index contributed by atoms with van der Waals surface area (Å²) in [6.07, 6.45) is 3.15. The number of rotatable bonds is 4. The Morgan fingerprint density at radius 3 is 2.42 bits per heavy atom. The number of carbonyl (C=O) groups excluding carboxylic acids is 2. The van der Waals surface area contributed by atoms with E-state index in [2.05, 4.69) is 4.98 Å². The van der Waals surface area contributed by atoms with Gasteiger partial charge in [0.25, 0.3) is 5.91 Å². The Labute approximate surface area is 174 Å². The molecule has 0 unspecified atom stereocenters. The minimum Gasteiger partial charge on any atom is -0.452 e. The number of fused-ring (bicyclic) bond motifs is 2. The van der Waals surface area contributed by atoms with Crippen LogP contribution in [-0.2, 0) is 22.4 Å². The molecule has 1 N–H and O–H groups in total. The molecular formula is C22H16F4N2O3. The molecule has 1 aliphatic carbocycles. The maximum atomic E-state index is 13.7. The Kier molecular flexibility index (Phi) is 5.58. The number of para-hydroxylation sites is 1. The van der Waals surface area contributed by atoms with Crippen molar-refractivity contribution in [2.75, 3.05) is 11.9 Å². The summed E-state index contributed by atoms with van der Waals surface area (Å²) in [5.74, 6) is -8.79. The van der Waals surface area contributed by atoms with Gasteiger partial charge in [-0.25, -0.2) is 22.4 Å². The molecule has 31 heavy (non-hydrogen) atoms. The Morgan fingerprint density at radius 2 is 1.68 bits per heavy atom. The zero-order valence-electron chi connectivity index (χ0n) is 16.1. The number of amides is 1. The van der Waals surface area contributed by atoms with E-state index in [1.807, 2.05) is 0 Å². The second kappa shape index (κ2) is 8.33. The molecule has 0 atom stereocenters. The first-order chi connectivity index (χ1) is 14.9. The normalized spacial score (nSPS) is 13.0. The van der Waals surface area contributed by atoms with Gasteiger partial charge in [-0.15, -0.1) is 0 Å². The molecule has 3 aromatic rings. The fourth-order valence-electron chi connectivity index (χ4n) is 3.67. The van der Waals surface area contributed by atoms with E-state index < -0.39 is 47.4 Å². The van der Waals surface area contributed by atoms with Crippen molar-refractivity contribution >= 4 is 28.5 Å². The van der Waals surface area contributed by atoms with Crippen molar-refractivity contribution in [1.82, 2.24) is 4.98 Å². The van der Waals surface area contributed by atoms with Gasteiger partial charge in [0.05, 0.1) is 11.1 Å². The highest BCUT2D eigenvalue weighted by molar-refractivity contribution is 6.06. The maximum Gasteiger partial charge on any atom is 0.339 e. The van der Waals surface area contributed by atoms with Gasteiger partial charge in [0, 0.05) is 17.1 Å². The number of hydrogen-bond acceptors (Lipinski definition) is 4. The van der Waals surface area contributed by atoms with E-state index in [4.69, 9.17) is 4.74 Å². The van der Waals surface area contributed by atoms with Crippen LogP contribution in [0.4, 0.5) is 23.2 Å². The number of nitrogens with zero attached hydrogens (tertiary/aromatic N) is 1. The average Bonchev–Trinajstić information content (AvgIpc) is 2.77. The third-order valence-corrected chi connectivity index (χ3v) is 5.08. The van der Waals surface area contributed by atoms with Crippen LogP contribution in [0.25, 0.3) is 10.9 Å². The third kappa shape index (κ3) is 3.95. The van der Waals surface area contributed by atoms with Crippen LogP contribution in [0.1, 0.15) is 34.5 Å². The Hall–Kier alpha value is -3.49. The molecule has 1 amide bonds. The molecule has 0 saturated carbocycles. The summed E-state index contributed by atoms with van der Waals surface area (Å²) in [5, 5.41) is 2.28. The monoisotopic (exact) mass is 432 g/mol. The number of pyridine rings is 1. The molecular weight excluding hydrogens is 416 g/mol. The van der Waals surface area contributed by atoms with Crippen LogP contribution in [0.2, 0.25) is 0 Å². The van der Waals surface area contributed by atoms with Crippen LogP contribution in [0.3, 0.4) is 0 Å². The molecule has 2 aromatic carbocycles. The number of hydrogen-bond donors (Lipinski definition) is 1. The number of aryl methyl sites for hydroxylation is 1. The standard InChI is InChI=1S/C22H16F4N2O3/c23-13-9-14(24)20(26)21(19(13)25)28-17(29)10-31-22(30)18-11-5-1-3-7-15(11)27-16-8-4-2-6-12(16)18/h1,3,5,7,9H,2,4,6,8,10H2,(H,28,29). The number of ether oxygens (including phenoxy) is 1. The highest BCUT2D eigenvalue weighted by Gasteiger charge is 2.25. The molecule has 9 heteroatoms. The largest absolute Gasteiger partial charge is 0.452 e. The first kappa shape index (κ1) is 20.8. The molecule has 0 saturated heterocycles. The first-order valence-electron chi connectivity index (χ1n) is 9.57. The van der Waals surface area contributed by atoms with Crippen molar-refractivity contribution < 1.29 is 31.9 Å². The minimum absolute atomic E-state index is 0.0258. The molecule has 0 radical (unpaired) electrons. The Balaban J connectivity index is 1.56. The zero-order valence-corrected chi connectivity index (χ0v) is 16.1. The summed E-state index contributed by atoms with van der Waals surface area (Å²) >= 11 is 0. The SMILES string of the molecule is O=C(COC(=O)c1c2c(nc3ccccc13)CCCC2)Nc1c(F)c(F)cc(F)c1F. The number of aromatic nitrogens is 1. The lowest BCUT2D eigenvalue weighted by Gasteiger charge is -2.20. The minimum atomic E-state index is -1.76. The third-order valence-electron chi connectivity index (χ3n) is 5.08. The van der Waals surface area contributed by atoms with Crippen molar-refractivity contribution in [3.63, 3.8) is 0 Å². The van der Waals surface area contributed by atoms with Gasteiger partial charge < -0.3 is 10.1 Å². The summed E-state index contributed by atoms with van der Waals surface area (Å²) in [4.78, 5) is 29.5. The smallest absolute Gasteiger partial charge is 0.339 e. The number of nitrogens with one attached hydrogen (secondary N) is 1. The van der Waals surface area contributed by atoms with Gasteiger partial charge in [0.15, 0.2) is 29.9 Å². The van der Waals surface area contributed by atoms with Gasteiger partial charge in [0.1, 0.15) is 5.69 Å². The Bertz CT molecular complexity index is 1190. The van der Waals surface area contributed by atoms with Crippen molar-refractivity contribution in [2.24, 2.45) is 0 Å². The predicted molar refractivity (Wildman–Crippen MR) is 104 cm³/mol. The van der Waals surface area contributed by atoms with Gasteiger partial charge >= 0.3 is 5.97 Å². The summed E-state index contributed by atoms with van der Waals surface area (Å²) in [6.45, 7) is -0.902. The molecule has 5 nitrogen and oxygen atoms in total. The van der Waals surface area contributed by atoms with Crippen LogP contribution in [0, 0.1) is 23.3 Å². The van der Waals surface area contributed by atoms with Gasteiger partial charge in [-0.05, 0) is 37.3 Å². The fraction of sp³-hybridized carbons (Fsp3) is 0.227. The van der Waals surface area contributed by atoms with E-state index in [9.17, 15) is 27.2 Å². The van der Waals surface area contributed by atoms with Crippen molar-refractivity contribution in [2.45, 2.75) is 25.7 Å². The summed E-state index contributed by atoms with van der Waals surface area (Å²) in [6, 6.07) is 7.03. The van der Waals surface area contributed by atoms with E-state index in [1.165, 1.54) is 0 Å². The van der Waals surface area contributed by atoms with E-state index >= 15 is 0 Å². The molecule has 0 bridgehead atoms. The van der Waals surface area contributed by atoms with Gasteiger partial charge in [-0.3, -0.25) is 9.78 Å². The molecule has 1 aliphatic rings. The maximum absolute atomic E-state index is 13.7. The molecule has 160 valence electrons. The van der Waals surface area contributed by atoms with Crippen LogP contribution >= 0.6 is 0 Å². The molecule has 0 aliphatic heterocycles. The fourth-order valence-corrected chi connectivity index (χ4v) is 3.67. The van der Waals surface area contributed by atoms with Gasteiger partial charge in [-0.2, -0.15) is 0 Å². The van der Waals surface area contributed by atoms with Crippen LogP contribution in [0.15, 0.2) is 30.3 Å². The van der Waals surface area contributed by atoms with Crippen LogP contribution in [0.5, 0.6) is 0 Å². The number of benzene rings is 2. The lowest BCUT2D eigenvalue weighted by molar-refractivity contribution is -0.119. The molecule has 4 rings (SSSR count). The number of halogens is 4. The molecule has 0 fully saturated rings. The summed E-state index contributed by atoms with van der Waals surface area (Å²) in [5.41, 5.74) is 1.16. The topological polar surface area (TPSA) is 68.3 Å². The van der Waals surface area contributed by atoms with Crippen molar-refractivity contribution in [3.05, 3.63) is 70.4 Å². The quantitative estimate of drug-likeness (QED) is 0.375. The van der Waals surface area contributed by atoms with Crippen LogP contribution < -0.4 is 5.32 Å². The van der Waals surface area contributed by atoms with E-state index in [0.29, 0.717) is 29.3 Å². The number of carbonyl (C=O) groups is 2. The molecule has 0 spiro atoms. The van der Waals surface area contributed by atoms with E-state index in [1.54, 1.807) is 29.6 Å². The predicted octanol–water partition coefficient (Wildman–Crippen LogP) is 4.47. The van der Waals surface area contributed by atoms with E-state index in [-0.39, 0.29) is 6.07 Å². The highest BCUT2D eigenvalue weighted by atomic mass is 19.2. The van der Waals surface area contributed by atoms with Crippen LogP contribution in [-0.4, -0.2) is 23.5 Å². The summed E-state index contributed by atoms with van der Waals surface area (Å²) < 4.78 is 59.1. The molecule has 1 aromatic heterocycles. The van der Waals surface area contributed by atoms with Crippen molar-refractivity contribution in [1.29, 1.82) is 0 Å². The molecule has 1 heterocycles. The highest BCUT2D eigenvalue weighted by Crippen LogP contribution is 2.30. The first-order valence-corrected chi connectivity index (χ1v) is 9.57.